The molecule has 2 atom stereocenters. The second-order valence-corrected chi connectivity index (χ2v) is 10.7. The molecule has 1 aromatic heterocycles. The summed E-state index contributed by atoms with van der Waals surface area (Å²) in [6, 6.07) is 7.75. The molecular formula is C20H24BrN5O. The van der Waals surface area contributed by atoms with E-state index in [4.69, 9.17) is 0 Å². The number of amides is 1. The van der Waals surface area contributed by atoms with Crippen LogP contribution in [0.25, 0.3) is 11.4 Å². The monoisotopic (exact) mass is 429 g/mol. The van der Waals surface area contributed by atoms with E-state index in [9.17, 15) is 4.79 Å². The van der Waals surface area contributed by atoms with Crippen LogP contribution in [-0.2, 0) is 11.8 Å². The van der Waals surface area contributed by atoms with Gasteiger partial charge in [0, 0.05) is 29.0 Å². The molecule has 7 heteroatoms. The predicted octanol–water partition coefficient (Wildman–Crippen LogP) is 3.94. The molecule has 0 aliphatic heterocycles. The van der Waals surface area contributed by atoms with Crippen LogP contribution in [0.15, 0.2) is 24.3 Å². The van der Waals surface area contributed by atoms with Gasteiger partial charge in [0.1, 0.15) is 0 Å². The van der Waals surface area contributed by atoms with Gasteiger partial charge in [0.15, 0.2) is 5.82 Å². The van der Waals surface area contributed by atoms with Crippen LogP contribution in [0.1, 0.15) is 44.9 Å². The third-order valence-corrected chi connectivity index (χ3v) is 7.60. The molecule has 6 rings (SSSR count). The summed E-state index contributed by atoms with van der Waals surface area (Å²) in [7, 11) is 1.81. The number of rotatable bonds is 4. The summed E-state index contributed by atoms with van der Waals surface area (Å²) in [5, 5.41) is 14.7. The first-order chi connectivity index (χ1) is 12.9. The van der Waals surface area contributed by atoms with E-state index >= 15 is 0 Å². The molecule has 1 aromatic carbocycles. The standard InChI is InChI=1S/C20H24BrN5O/c1-26-18(23-24-25-26)15-3-2-4-16(6-15)22-17(27)11-19-7-13-5-14(8-19)10-20(21,9-13)12-19/h2-4,6,13-14H,5,7-12H2,1H3,(H,22,27). The number of carbonyl (C=O) groups excluding carboxylic acids is 1. The van der Waals surface area contributed by atoms with Crippen LogP contribution in [0.4, 0.5) is 5.69 Å². The van der Waals surface area contributed by atoms with Gasteiger partial charge in [-0.3, -0.25) is 4.79 Å². The van der Waals surface area contributed by atoms with Crippen LogP contribution in [0, 0.1) is 17.3 Å². The minimum atomic E-state index is 0.126. The smallest absolute Gasteiger partial charge is 0.224 e. The first kappa shape index (κ1) is 17.3. The van der Waals surface area contributed by atoms with Gasteiger partial charge in [-0.2, -0.15) is 0 Å². The van der Waals surface area contributed by atoms with Gasteiger partial charge in [-0.1, -0.05) is 28.1 Å². The van der Waals surface area contributed by atoms with Crippen molar-refractivity contribution in [2.45, 2.75) is 49.3 Å². The molecule has 27 heavy (non-hydrogen) atoms. The maximum absolute atomic E-state index is 12.9. The Morgan fingerprint density at radius 1 is 1.30 bits per heavy atom. The summed E-state index contributed by atoms with van der Waals surface area (Å²) in [5.74, 6) is 2.41. The second kappa shape index (κ2) is 6.12. The van der Waals surface area contributed by atoms with Crippen LogP contribution in [0.5, 0.6) is 0 Å². The van der Waals surface area contributed by atoms with Crippen molar-refractivity contribution in [1.82, 2.24) is 20.2 Å². The number of hydrogen-bond donors (Lipinski definition) is 1. The topological polar surface area (TPSA) is 72.7 Å². The molecule has 0 saturated heterocycles. The van der Waals surface area contributed by atoms with E-state index in [0.29, 0.717) is 12.2 Å². The first-order valence-corrected chi connectivity index (χ1v) is 10.5. The Morgan fingerprint density at radius 3 is 2.74 bits per heavy atom. The maximum Gasteiger partial charge on any atom is 0.224 e. The van der Waals surface area contributed by atoms with Crippen molar-refractivity contribution >= 4 is 27.5 Å². The number of benzene rings is 1. The molecule has 1 amide bonds. The largest absolute Gasteiger partial charge is 0.326 e. The van der Waals surface area contributed by atoms with Crippen molar-refractivity contribution in [2.75, 3.05) is 5.32 Å². The predicted molar refractivity (Wildman–Crippen MR) is 106 cm³/mol. The number of aromatic nitrogens is 4. The normalized spacial score (nSPS) is 34.0. The lowest BCUT2D eigenvalue weighted by molar-refractivity contribution is -0.123. The lowest BCUT2D eigenvalue weighted by Crippen LogP contribution is -2.53. The van der Waals surface area contributed by atoms with Crippen LogP contribution < -0.4 is 5.32 Å². The molecule has 4 fully saturated rings. The molecule has 2 unspecified atom stereocenters. The van der Waals surface area contributed by atoms with Crippen LogP contribution >= 0.6 is 15.9 Å². The number of anilines is 1. The highest BCUT2D eigenvalue weighted by Gasteiger charge is 2.57. The summed E-state index contributed by atoms with van der Waals surface area (Å²) in [5.41, 5.74) is 1.89. The minimum Gasteiger partial charge on any atom is -0.326 e. The van der Waals surface area contributed by atoms with Gasteiger partial charge < -0.3 is 5.32 Å². The molecule has 4 aliphatic carbocycles. The zero-order valence-electron chi connectivity index (χ0n) is 15.5. The van der Waals surface area contributed by atoms with Crippen molar-refractivity contribution in [3.63, 3.8) is 0 Å². The van der Waals surface area contributed by atoms with Gasteiger partial charge in [-0.25, -0.2) is 4.68 Å². The molecule has 1 heterocycles. The molecule has 4 saturated carbocycles. The molecule has 0 spiro atoms. The lowest BCUT2D eigenvalue weighted by atomic mass is 9.48. The van der Waals surface area contributed by atoms with E-state index < -0.39 is 0 Å². The summed E-state index contributed by atoms with van der Waals surface area (Å²) < 4.78 is 1.92. The highest BCUT2D eigenvalue weighted by Crippen LogP contribution is 2.65. The summed E-state index contributed by atoms with van der Waals surface area (Å²) in [4.78, 5) is 12.9. The van der Waals surface area contributed by atoms with E-state index in [2.05, 4.69) is 36.8 Å². The average molecular weight is 430 g/mol. The molecule has 2 aromatic rings. The number of aryl methyl sites for hydroxylation is 1. The Bertz CT molecular complexity index is 880. The first-order valence-electron chi connectivity index (χ1n) is 9.74. The number of hydrogen-bond acceptors (Lipinski definition) is 4. The third kappa shape index (κ3) is 3.20. The van der Waals surface area contributed by atoms with E-state index in [0.717, 1.165) is 29.5 Å². The number of nitrogens with zero attached hydrogens (tertiary/aromatic N) is 4. The van der Waals surface area contributed by atoms with Gasteiger partial charge in [0.2, 0.25) is 5.91 Å². The molecule has 0 radical (unpaired) electrons. The van der Waals surface area contributed by atoms with E-state index in [-0.39, 0.29) is 15.6 Å². The van der Waals surface area contributed by atoms with Crippen LogP contribution in [-0.4, -0.2) is 30.4 Å². The summed E-state index contributed by atoms with van der Waals surface area (Å²) >= 11 is 4.03. The van der Waals surface area contributed by atoms with Crippen molar-refractivity contribution in [3.8, 4) is 11.4 Å². The van der Waals surface area contributed by atoms with Gasteiger partial charge in [0.25, 0.3) is 0 Å². The number of nitrogens with one attached hydrogen (secondary N) is 1. The Morgan fingerprint density at radius 2 is 2.07 bits per heavy atom. The number of halogens is 1. The SMILES string of the molecule is Cn1nnnc1-c1cccc(NC(=O)CC23CC4CC(CC(Br)(C4)C2)C3)c1. The fourth-order valence-corrected chi connectivity index (χ4v) is 7.81. The van der Waals surface area contributed by atoms with Crippen molar-refractivity contribution in [2.24, 2.45) is 24.3 Å². The summed E-state index contributed by atoms with van der Waals surface area (Å²) in [6.07, 6.45) is 8.16. The third-order valence-electron chi connectivity index (χ3n) is 6.67. The molecule has 4 bridgehead atoms. The number of carbonyl (C=O) groups is 1. The Kier molecular flexibility index (Phi) is 3.93. The zero-order valence-corrected chi connectivity index (χ0v) is 17.1. The quantitative estimate of drug-likeness (QED) is 0.746. The average Bonchev–Trinajstić information content (AvgIpc) is 2.98. The molecule has 6 nitrogen and oxygen atoms in total. The molecule has 4 aliphatic rings. The van der Waals surface area contributed by atoms with Gasteiger partial charge >= 0.3 is 0 Å². The van der Waals surface area contributed by atoms with Crippen molar-refractivity contribution in [3.05, 3.63) is 24.3 Å². The molecular weight excluding hydrogens is 406 g/mol. The highest BCUT2D eigenvalue weighted by molar-refractivity contribution is 9.10. The second-order valence-electron chi connectivity index (χ2n) is 9.04. The Labute approximate surface area is 167 Å². The fourth-order valence-electron chi connectivity index (χ4n) is 6.30. The number of alkyl halides is 1. The molecule has 142 valence electrons. The lowest BCUT2D eigenvalue weighted by Gasteiger charge is -2.60. The highest BCUT2D eigenvalue weighted by atomic mass is 79.9. The van der Waals surface area contributed by atoms with E-state index in [1.165, 1.54) is 32.1 Å². The maximum atomic E-state index is 12.9. The van der Waals surface area contributed by atoms with Crippen molar-refractivity contribution < 1.29 is 4.79 Å². The van der Waals surface area contributed by atoms with E-state index in [1.807, 2.05) is 31.3 Å². The van der Waals surface area contributed by atoms with Crippen molar-refractivity contribution in [1.29, 1.82) is 0 Å². The van der Waals surface area contributed by atoms with Gasteiger partial charge in [-0.15, -0.1) is 5.10 Å². The van der Waals surface area contributed by atoms with Crippen LogP contribution in [0.3, 0.4) is 0 Å². The molecule has 1 N–H and O–H groups in total. The van der Waals surface area contributed by atoms with Gasteiger partial charge in [-0.05, 0) is 78.3 Å². The summed E-state index contributed by atoms with van der Waals surface area (Å²) in [6.45, 7) is 0. The zero-order chi connectivity index (χ0) is 18.6. The van der Waals surface area contributed by atoms with Crippen LogP contribution in [0.2, 0.25) is 0 Å². The van der Waals surface area contributed by atoms with E-state index in [1.54, 1.807) is 4.68 Å². The fraction of sp³-hybridized carbons (Fsp3) is 0.600. The number of tetrazole rings is 1. The Hall–Kier alpha value is -1.76. The Balaban J connectivity index is 1.31. The minimum absolute atomic E-state index is 0.126. The van der Waals surface area contributed by atoms with Gasteiger partial charge in [0.05, 0.1) is 0 Å².